The number of likely N-dealkylation sites (N-methyl/N-ethyl adjacent to an activating group) is 1. The number of pyridine rings is 1. The molecule has 0 radical (unpaired) electrons. The number of hydrogen-bond donors (Lipinski definition) is 0. The van der Waals surface area contributed by atoms with Crippen LogP contribution >= 0.6 is 24.0 Å². The smallest absolute Gasteiger partial charge is 0.267 e. The lowest BCUT2D eigenvalue weighted by atomic mass is 10.2. The lowest BCUT2D eigenvalue weighted by Crippen LogP contribution is -2.47. The first-order valence-electron chi connectivity index (χ1n) is 10.8. The maximum atomic E-state index is 13.6. The van der Waals surface area contributed by atoms with Gasteiger partial charge in [0.1, 0.15) is 21.6 Å². The van der Waals surface area contributed by atoms with Crippen LogP contribution < -0.4 is 15.4 Å². The molecule has 34 heavy (non-hydrogen) atoms. The summed E-state index contributed by atoms with van der Waals surface area (Å²) in [6.07, 6.45) is 3.31. The molecule has 5 rings (SSSR count). The van der Waals surface area contributed by atoms with Crippen LogP contribution in [-0.4, -0.2) is 57.7 Å². The Morgan fingerprint density at radius 1 is 1.06 bits per heavy atom. The second kappa shape index (κ2) is 8.84. The summed E-state index contributed by atoms with van der Waals surface area (Å²) in [7, 11) is 1.63. The molecule has 1 amide bonds. The molecule has 0 saturated carbocycles. The standard InChI is InChI=1S/C24H22FN5O2S2/c1-15-4-3-9-30-20(15)26-21(18(22(30)31)14-19-23(32)27(2)24(33)34-19)29-12-10-28(11-13-29)17-7-5-16(25)6-8-17/h3-9,14H,10-13H2,1-2H3. The van der Waals surface area contributed by atoms with Crippen LogP contribution in [0.2, 0.25) is 0 Å². The van der Waals surface area contributed by atoms with Crippen molar-refractivity contribution < 1.29 is 9.18 Å². The summed E-state index contributed by atoms with van der Waals surface area (Å²) in [5.41, 5.74) is 2.56. The van der Waals surface area contributed by atoms with Crippen molar-refractivity contribution in [2.75, 3.05) is 43.0 Å². The molecule has 2 fully saturated rings. The molecule has 2 aliphatic rings. The first kappa shape index (κ1) is 22.5. The summed E-state index contributed by atoms with van der Waals surface area (Å²) in [6.45, 7) is 4.55. The fourth-order valence-electron chi connectivity index (χ4n) is 4.17. The number of benzene rings is 1. The molecular weight excluding hydrogens is 473 g/mol. The van der Waals surface area contributed by atoms with Crippen molar-refractivity contribution in [3.05, 3.63) is 74.8 Å². The Hall–Kier alpha value is -3.24. The van der Waals surface area contributed by atoms with Crippen LogP contribution in [0.25, 0.3) is 11.7 Å². The fraction of sp³-hybridized carbons (Fsp3) is 0.250. The molecule has 1 aromatic carbocycles. The van der Waals surface area contributed by atoms with Crippen molar-refractivity contribution in [3.63, 3.8) is 0 Å². The van der Waals surface area contributed by atoms with Gasteiger partial charge in [0.2, 0.25) is 0 Å². The number of fused-ring (bicyclic) bond motifs is 1. The van der Waals surface area contributed by atoms with Gasteiger partial charge in [-0.3, -0.25) is 18.9 Å². The lowest BCUT2D eigenvalue weighted by Gasteiger charge is -2.37. The second-order valence-electron chi connectivity index (χ2n) is 8.23. The van der Waals surface area contributed by atoms with Gasteiger partial charge in [-0.1, -0.05) is 30.0 Å². The van der Waals surface area contributed by atoms with Crippen molar-refractivity contribution in [2.24, 2.45) is 0 Å². The van der Waals surface area contributed by atoms with Gasteiger partial charge in [0, 0.05) is 45.1 Å². The minimum atomic E-state index is -0.263. The normalized spacial score (nSPS) is 18.0. The van der Waals surface area contributed by atoms with Crippen molar-refractivity contribution in [3.8, 4) is 0 Å². The number of thioether (sulfide) groups is 1. The number of aromatic nitrogens is 2. The number of halogens is 1. The van der Waals surface area contributed by atoms with Gasteiger partial charge in [-0.15, -0.1) is 0 Å². The van der Waals surface area contributed by atoms with Crippen LogP contribution in [0.15, 0.2) is 52.3 Å². The minimum absolute atomic E-state index is 0.226. The predicted molar refractivity (Wildman–Crippen MR) is 138 cm³/mol. The molecular formula is C24H22FN5O2S2. The van der Waals surface area contributed by atoms with E-state index in [1.165, 1.54) is 33.2 Å². The zero-order valence-electron chi connectivity index (χ0n) is 18.7. The van der Waals surface area contributed by atoms with E-state index in [2.05, 4.69) is 9.80 Å². The highest BCUT2D eigenvalue weighted by Gasteiger charge is 2.30. The Bertz CT molecular complexity index is 1390. The molecule has 7 nitrogen and oxygen atoms in total. The number of rotatable bonds is 3. The van der Waals surface area contributed by atoms with Crippen molar-refractivity contribution >= 4 is 57.4 Å². The Morgan fingerprint density at radius 3 is 2.38 bits per heavy atom. The van der Waals surface area contributed by atoms with Gasteiger partial charge < -0.3 is 9.80 Å². The fourth-order valence-corrected chi connectivity index (χ4v) is 5.33. The van der Waals surface area contributed by atoms with Crippen LogP contribution in [0.3, 0.4) is 0 Å². The number of carbonyl (C=O) groups excluding carboxylic acids is 1. The van der Waals surface area contributed by atoms with E-state index in [0.29, 0.717) is 52.4 Å². The average molecular weight is 496 g/mol. The molecule has 10 heteroatoms. The van der Waals surface area contributed by atoms with Crippen molar-refractivity contribution in [1.29, 1.82) is 0 Å². The third kappa shape index (κ3) is 3.97. The summed E-state index contributed by atoms with van der Waals surface area (Å²) in [5.74, 6) is 0.0657. The van der Waals surface area contributed by atoms with E-state index in [0.717, 1.165) is 11.3 Å². The number of thiocarbonyl (C=S) groups is 1. The van der Waals surface area contributed by atoms with E-state index < -0.39 is 0 Å². The first-order valence-corrected chi connectivity index (χ1v) is 12.0. The molecule has 0 unspecified atom stereocenters. The van der Waals surface area contributed by atoms with E-state index >= 15 is 0 Å². The molecule has 0 N–H and O–H groups in total. The van der Waals surface area contributed by atoms with Gasteiger partial charge in [-0.25, -0.2) is 9.37 Å². The quantitative estimate of drug-likeness (QED) is 0.408. The van der Waals surface area contributed by atoms with Crippen LogP contribution in [0.4, 0.5) is 15.9 Å². The van der Waals surface area contributed by atoms with Gasteiger partial charge in [-0.05, 0) is 48.9 Å². The number of amides is 1. The summed E-state index contributed by atoms with van der Waals surface area (Å²) in [6, 6.07) is 10.2. The maximum Gasteiger partial charge on any atom is 0.267 e. The number of carbonyl (C=O) groups is 1. The van der Waals surface area contributed by atoms with Crippen molar-refractivity contribution in [1.82, 2.24) is 14.3 Å². The Kier molecular flexibility index (Phi) is 5.86. The molecule has 2 aromatic heterocycles. The molecule has 0 spiro atoms. The number of aryl methyl sites for hydroxylation is 1. The zero-order valence-corrected chi connectivity index (χ0v) is 20.3. The molecule has 174 valence electrons. The lowest BCUT2D eigenvalue weighted by molar-refractivity contribution is -0.121. The summed E-state index contributed by atoms with van der Waals surface area (Å²) >= 11 is 6.44. The first-order chi connectivity index (χ1) is 16.3. The van der Waals surface area contributed by atoms with E-state index in [4.69, 9.17) is 17.2 Å². The topological polar surface area (TPSA) is 61.2 Å². The van der Waals surface area contributed by atoms with Gasteiger partial charge >= 0.3 is 0 Å². The Labute approximate surface area is 205 Å². The van der Waals surface area contributed by atoms with Gasteiger partial charge in [0.05, 0.1) is 10.5 Å². The van der Waals surface area contributed by atoms with E-state index in [-0.39, 0.29) is 17.3 Å². The van der Waals surface area contributed by atoms with E-state index in [1.807, 2.05) is 19.1 Å². The van der Waals surface area contributed by atoms with Gasteiger partial charge in [0.15, 0.2) is 0 Å². The third-order valence-corrected chi connectivity index (χ3v) is 7.58. The second-order valence-corrected chi connectivity index (χ2v) is 9.91. The molecule has 2 saturated heterocycles. The summed E-state index contributed by atoms with van der Waals surface area (Å²) in [5, 5.41) is 0. The van der Waals surface area contributed by atoms with E-state index in [9.17, 15) is 14.0 Å². The molecule has 2 aliphatic heterocycles. The van der Waals surface area contributed by atoms with Crippen LogP contribution in [0.1, 0.15) is 11.1 Å². The van der Waals surface area contributed by atoms with Crippen LogP contribution in [0, 0.1) is 12.7 Å². The summed E-state index contributed by atoms with van der Waals surface area (Å²) < 4.78 is 15.3. The predicted octanol–water partition coefficient (Wildman–Crippen LogP) is 3.30. The number of hydrogen-bond acceptors (Lipinski definition) is 7. The SMILES string of the molecule is Cc1cccn2c(=O)c(C=C3SC(=S)N(C)C3=O)c(N3CCN(c4ccc(F)cc4)CC3)nc12. The number of nitrogens with zero attached hydrogens (tertiary/aromatic N) is 5. The molecule has 3 aromatic rings. The molecule has 0 atom stereocenters. The largest absolute Gasteiger partial charge is 0.368 e. The van der Waals surface area contributed by atoms with Gasteiger partial charge in [-0.2, -0.15) is 0 Å². The third-order valence-electron chi connectivity index (χ3n) is 6.10. The highest BCUT2D eigenvalue weighted by Crippen LogP contribution is 2.33. The highest BCUT2D eigenvalue weighted by atomic mass is 32.2. The molecule has 0 bridgehead atoms. The highest BCUT2D eigenvalue weighted by molar-refractivity contribution is 8.26. The molecule has 4 heterocycles. The minimum Gasteiger partial charge on any atom is -0.368 e. The summed E-state index contributed by atoms with van der Waals surface area (Å²) in [4.78, 5) is 37.1. The monoisotopic (exact) mass is 495 g/mol. The van der Waals surface area contributed by atoms with Gasteiger partial charge in [0.25, 0.3) is 11.5 Å². The Morgan fingerprint density at radius 2 is 1.74 bits per heavy atom. The zero-order chi connectivity index (χ0) is 24.0. The maximum absolute atomic E-state index is 13.6. The Balaban J connectivity index is 1.55. The average Bonchev–Trinajstić information content (AvgIpc) is 3.08. The molecule has 0 aliphatic carbocycles. The van der Waals surface area contributed by atoms with Crippen LogP contribution in [0.5, 0.6) is 0 Å². The van der Waals surface area contributed by atoms with Crippen molar-refractivity contribution in [2.45, 2.75) is 6.92 Å². The van der Waals surface area contributed by atoms with E-state index in [1.54, 1.807) is 31.5 Å². The van der Waals surface area contributed by atoms with Crippen LogP contribution in [-0.2, 0) is 4.79 Å². The number of piperazine rings is 1. The number of anilines is 2.